The fourth-order valence-corrected chi connectivity index (χ4v) is 4.01. The van der Waals surface area contributed by atoms with Gasteiger partial charge in [-0.3, -0.25) is 0 Å². The van der Waals surface area contributed by atoms with E-state index in [0.29, 0.717) is 25.9 Å². The van der Waals surface area contributed by atoms with Gasteiger partial charge < -0.3 is 9.64 Å². The van der Waals surface area contributed by atoms with Gasteiger partial charge in [-0.05, 0) is 39.5 Å². The zero-order valence-electron chi connectivity index (χ0n) is 14.0. The molecule has 0 aliphatic carbocycles. The predicted octanol–water partition coefficient (Wildman–Crippen LogP) is 2.04. The molecule has 1 saturated heterocycles. The highest BCUT2D eigenvalue weighted by Gasteiger charge is 2.31. The molecule has 0 aromatic carbocycles. The Kier molecular flexibility index (Phi) is 5.42. The molecule has 9 heteroatoms. The van der Waals surface area contributed by atoms with E-state index in [-0.39, 0.29) is 11.7 Å². The predicted molar refractivity (Wildman–Crippen MR) is 84.6 cm³/mol. The second-order valence-electron chi connectivity index (χ2n) is 6.90. The smallest absolute Gasteiger partial charge is 0.410 e. The Bertz CT molecular complexity index is 686. The van der Waals surface area contributed by atoms with Crippen molar-refractivity contribution in [2.24, 2.45) is 5.92 Å². The first-order chi connectivity index (χ1) is 11.1. The maximum atomic E-state index is 12.8. The topological polar surface area (TPSA) is 89.5 Å². The number of hydrogen-bond donors (Lipinski definition) is 0. The van der Waals surface area contributed by atoms with Gasteiger partial charge in [-0.15, -0.1) is 0 Å². The number of piperidine rings is 1. The number of amides is 1. The first-order valence-corrected chi connectivity index (χ1v) is 9.40. The van der Waals surface area contributed by atoms with Gasteiger partial charge in [0.1, 0.15) is 5.60 Å². The molecule has 1 aromatic heterocycles. The van der Waals surface area contributed by atoms with Gasteiger partial charge in [0, 0.05) is 13.1 Å². The van der Waals surface area contributed by atoms with E-state index in [9.17, 15) is 17.6 Å². The summed E-state index contributed by atoms with van der Waals surface area (Å²) < 4.78 is 42.8. The number of carbonyl (C=O) groups is 1. The number of halogens is 1. The van der Waals surface area contributed by atoms with Crippen LogP contribution in [-0.4, -0.2) is 53.8 Å². The first-order valence-electron chi connectivity index (χ1n) is 7.75. The number of aromatic nitrogens is 2. The minimum absolute atomic E-state index is 0.183. The SMILES string of the molecule is CC(C)(C)OC(=O)N1CCC[C@H](CS(=O)(=O)c2ncc(F)cn2)C1. The highest BCUT2D eigenvalue weighted by atomic mass is 32.2. The minimum atomic E-state index is -3.73. The van der Waals surface area contributed by atoms with Crippen LogP contribution in [0.25, 0.3) is 0 Å². The Morgan fingerprint density at radius 3 is 2.58 bits per heavy atom. The van der Waals surface area contributed by atoms with Gasteiger partial charge in [-0.2, -0.15) is 0 Å². The summed E-state index contributed by atoms with van der Waals surface area (Å²) in [7, 11) is -3.73. The quantitative estimate of drug-likeness (QED) is 0.767. The van der Waals surface area contributed by atoms with Crippen LogP contribution in [0.4, 0.5) is 9.18 Å². The maximum Gasteiger partial charge on any atom is 0.410 e. The van der Waals surface area contributed by atoms with Crippen molar-refractivity contribution in [2.75, 3.05) is 18.8 Å². The van der Waals surface area contributed by atoms with Gasteiger partial charge in [0.15, 0.2) is 5.82 Å². The number of sulfone groups is 1. The lowest BCUT2D eigenvalue weighted by Gasteiger charge is -2.33. The molecule has 1 fully saturated rings. The Balaban J connectivity index is 2.02. The Morgan fingerprint density at radius 2 is 2.00 bits per heavy atom. The largest absolute Gasteiger partial charge is 0.444 e. The summed E-state index contributed by atoms with van der Waals surface area (Å²) >= 11 is 0. The summed E-state index contributed by atoms with van der Waals surface area (Å²) in [6, 6.07) is 0. The lowest BCUT2D eigenvalue weighted by atomic mass is 10.0. The van der Waals surface area contributed by atoms with E-state index in [0.717, 1.165) is 12.4 Å². The average Bonchev–Trinajstić information content (AvgIpc) is 2.45. The van der Waals surface area contributed by atoms with E-state index in [1.807, 2.05) is 0 Å². The Labute approximate surface area is 141 Å². The van der Waals surface area contributed by atoms with Crippen LogP contribution in [0.3, 0.4) is 0 Å². The highest BCUT2D eigenvalue weighted by Crippen LogP contribution is 2.22. The van der Waals surface area contributed by atoms with Crippen LogP contribution in [0.2, 0.25) is 0 Å². The van der Waals surface area contributed by atoms with Gasteiger partial charge in [-0.25, -0.2) is 27.6 Å². The van der Waals surface area contributed by atoms with Crippen molar-refractivity contribution >= 4 is 15.9 Å². The third-order valence-corrected chi connectivity index (χ3v) is 5.18. The average molecular weight is 359 g/mol. The molecule has 0 N–H and O–H groups in total. The van der Waals surface area contributed by atoms with Crippen LogP contribution in [0.5, 0.6) is 0 Å². The van der Waals surface area contributed by atoms with E-state index < -0.39 is 32.5 Å². The lowest BCUT2D eigenvalue weighted by Crippen LogP contribution is -2.44. The number of rotatable bonds is 3. The molecule has 134 valence electrons. The molecule has 0 radical (unpaired) electrons. The van der Waals surface area contributed by atoms with Crippen LogP contribution in [0.15, 0.2) is 17.6 Å². The highest BCUT2D eigenvalue weighted by molar-refractivity contribution is 7.91. The van der Waals surface area contributed by atoms with Crippen molar-refractivity contribution < 1.29 is 22.3 Å². The summed E-state index contributed by atoms with van der Waals surface area (Å²) in [5, 5.41) is -0.390. The molecule has 1 aromatic rings. The molecule has 0 saturated carbocycles. The third-order valence-electron chi connectivity index (χ3n) is 3.50. The van der Waals surface area contributed by atoms with Gasteiger partial charge in [0.25, 0.3) is 0 Å². The molecule has 1 aliphatic heterocycles. The second kappa shape index (κ2) is 7.00. The van der Waals surface area contributed by atoms with Crippen molar-refractivity contribution in [2.45, 2.75) is 44.4 Å². The number of likely N-dealkylation sites (tertiary alicyclic amines) is 1. The number of nitrogens with zero attached hydrogens (tertiary/aromatic N) is 3. The van der Waals surface area contributed by atoms with Crippen molar-refractivity contribution in [3.8, 4) is 0 Å². The van der Waals surface area contributed by atoms with Crippen LogP contribution in [0, 0.1) is 11.7 Å². The van der Waals surface area contributed by atoms with Gasteiger partial charge >= 0.3 is 6.09 Å². The normalized spacial score (nSPS) is 19.2. The molecule has 0 spiro atoms. The van der Waals surface area contributed by atoms with Crippen LogP contribution in [0.1, 0.15) is 33.6 Å². The summed E-state index contributed by atoms with van der Waals surface area (Å²) in [5.74, 6) is -1.11. The van der Waals surface area contributed by atoms with E-state index in [2.05, 4.69) is 9.97 Å². The molecule has 2 rings (SSSR count). The summed E-state index contributed by atoms with van der Waals surface area (Å²) in [5.41, 5.74) is -0.599. The molecular weight excluding hydrogens is 337 g/mol. The number of hydrogen-bond acceptors (Lipinski definition) is 6. The molecule has 24 heavy (non-hydrogen) atoms. The second-order valence-corrected chi connectivity index (χ2v) is 8.83. The molecule has 1 aliphatic rings. The Morgan fingerprint density at radius 1 is 1.38 bits per heavy atom. The third kappa shape index (κ3) is 5.12. The monoisotopic (exact) mass is 359 g/mol. The summed E-state index contributed by atoms with van der Waals surface area (Å²) in [6.45, 7) is 6.18. The van der Waals surface area contributed by atoms with E-state index in [1.54, 1.807) is 20.8 Å². The molecular formula is C15H22FN3O4S. The summed E-state index contributed by atoms with van der Waals surface area (Å²) in [6.07, 6.45) is 2.59. The molecule has 0 unspecified atom stereocenters. The van der Waals surface area contributed by atoms with Crippen LogP contribution in [-0.2, 0) is 14.6 Å². The zero-order chi connectivity index (χ0) is 18.0. The molecule has 1 atom stereocenters. The molecule has 7 nitrogen and oxygen atoms in total. The number of carbonyl (C=O) groups excluding carboxylic acids is 1. The van der Waals surface area contributed by atoms with Crippen LogP contribution >= 0.6 is 0 Å². The summed E-state index contributed by atoms with van der Waals surface area (Å²) in [4.78, 5) is 20.7. The standard InChI is InChI=1S/C15H22FN3O4S/c1-15(2,3)23-14(20)19-6-4-5-11(9-19)10-24(21,22)13-17-7-12(16)8-18-13/h7-8,11H,4-6,9-10H2,1-3H3/t11-/m0/s1. The minimum Gasteiger partial charge on any atom is -0.444 e. The maximum absolute atomic E-state index is 12.8. The van der Waals surface area contributed by atoms with Gasteiger partial charge in [-0.1, -0.05) is 0 Å². The Hall–Kier alpha value is -1.77. The first kappa shape index (κ1) is 18.6. The van der Waals surface area contributed by atoms with Gasteiger partial charge in [0.2, 0.25) is 15.0 Å². The fraction of sp³-hybridized carbons (Fsp3) is 0.667. The van der Waals surface area contributed by atoms with Crippen molar-refractivity contribution in [3.05, 3.63) is 18.2 Å². The molecule has 2 heterocycles. The lowest BCUT2D eigenvalue weighted by molar-refractivity contribution is 0.0176. The van der Waals surface area contributed by atoms with Crippen molar-refractivity contribution in [1.82, 2.24) is 14.9 Å². The zero-order valence-corrected chi connectivity index (χ0v) is 14.8. The van der Waals surface area contributed by atoms with E-state index in [1.165, 1.54) is 4.90 Å². The van der Waals surface area contributed by atoms with Crippen LogP contribution < -0.4 is 0 Å². The number of ether oxygens (including phenoxy) is 1. The van der Waals surface area contributed by atoms with Gasteiger partial charge in [0.05, 0.1) is 18.1 Å². The van der Waals surface area contributed by atoms with E-state index >= 15 is 0 Å². The molecule has 0 bridgehead atoms. The van der Waals surface area contributed by atoms with Crippen molar-refractivity contribution in [3.63, 3.8) is 0 Å². The van der Waals surface area contributed by atoms with E-state index in [4.69, 9.17) is 4.74 Å². The fourth-order valence-electron chi connectivity index (χ4n) is 2.54. The van der Waals surface area contributed by atoms with Crippen molar-refractivity contribution in [1.29, 1.82) is 0 Å². The molecule has 1 amide bonds.